The van der Waals surface area contributed by atoms with Crippen molar-refractivity contribution < 1.29 is 14.4 Å². The number of hydroxylamine groups is 2. The van der Waals surface area contributed by atoms with Gasteiger partial charge in [0.1, 0.15) is 5.82 Å². The van der Waals surface area contributed by atoms with Gasteiger partial charge >= 0.3 is 12.1 Å². The number of para-hydroxylation sites is 1. The Balaban J connectivity index is 1.18. The SMILES string of the molecule is CN(C)CCCn1c(C(Cc2ccc(Br)c(Br)c2)NC(=O)ON2CCC(N3CCc4ccccc4NC3=O)CC2)nc2cc(Cl)c(Cl)cc21. The number of benzene rings is 3. The van der Waals surface area contributed by atoms with Crippen molar-refractivity contribution >= 4 is 83.9 Å². The van der Waals surface area contributed by atoms with Crippen molar-refractivity contribution in [1.82, 2.24) is 29.7 Å². The molecular weight excluding hydrogens is 797 g/mol. The average Bonchev–Trinajstić information content (AvgIpc) is 3.30. The van der Waals surface area contributed by atoms with Gasteiger partial charge in [-0.3, -0.25) is 0 Å². The lowest BCUT2D eigenvalue weighted by Gasteiger charge is -2.37. The second-order valence-electron chi connectivity index (χ2n) is 12.8. The summed E-state index contributed by atoms with van der Waals surface area (Å²) in [5.74, 6) is 0.690. The Morgan fingerprint density at radius 2 is 1.82 bits per heavy atom. The molecule has 0 spiro atoms. The number of rotatable bonds is 10. The highest BCUT2D eigenvalue weighted by atomic mass is 79.9. The van der Waals surface area contributed by atoms with Gasteiger partial charge < -0.3 is 29.8 Å². The van der Waals surface area contributed by atoms with Crippen molar-refractivity contribution in [3.63, 3.8) is 0 Å². The minimum atomic E-state index is -0.564. The van der Waals surface area contributed by atoms with Gasteiger partial charge in [-0.2, -0.15) is 0 Å². The fraction of sp³-hybridized carbons (Fsp3) is 0.400. The molecule has 49 heavy (non-hydrogen) atoms. The third-order valence-electron chi connectivity index (χ3n) is 9.05. The zero-order valence-electron chi connectivity index (χ0n) is 27.4. The number of piperidine rings is 1. The Kier molecular flexibility index (Phi) is 11.7. The van der Waals surface area contributed by atoms with Crippen molar-refractivity contribution in [3.8, 4) is 0 Å². The van der Waals surface area contributed by atoms with Crippen LogP contribution in [0.3, 0.4) is 0 Å². The molecule has 4 aromatic rings. The van der Waals surface area contributed by atoms with Crippen LogP contribution < -0.4 is 10.6 Å². The fourth-order valence-electron chi connectivity index (χ4n) is 6.56. The van der Waals surface area contributed by atoms with E-state index in [9.17, 15) is 9.59 Å². The van der Waals surface area contributed by atoms with E-state index in [0.29, 0.717) is 66.8 Å². The number of anilines is 1. The molecule has 1 saturated heterocycles. The Morgan fingerprint density at radius 1 is 1.06 bits per heavy atom. The molecule has 260 valence electrons. The van der Waals surface area contributed by atoms with Crippen molar-refractivity contribution in [1.29, 1.82) is 0 Å². The van der Waals surface area contributed by atoms with Crippen LogP contribution in [0.2, 0.25) is 10.0 Å². The van der Waals surface area contributed by atoms with Gasteiger partial charge in [0.2, 0.25) is 0 Å². The van der Waals surface area contributed by atoms with E-state index in [1.807, 2.05) is 61.5 Å². The van der Waals surface area contributed by atoms with Gasteiger partial charge in [-0.1, -0.05) is 47.5 Å². The summed E-state index contributed by atoms with van der Waals surface area (Å²) in [5.41, 5.74) is 4.56. The predicted molar refractivity (Wildman–Crippen MR) is 201 cm³/mol. The van der Waals surface area contributed by atoms with Crippen LogP contribution in [0, 0.1) is 0 Å². The second-order valence-corrected chi connectivity index (χ2v) is 15.3. The molecule has 0 bridgehead atoms. The number of fused-ring (bicyclic) bond motifs is 2. The van der Waals surface area contributed by atoms with Crippen LogP contribution in [0.1, 0.15) is 42.3 Å². The molecule has 1 fully saturated rings. The van der Waals surface area contributed by atoms with Crippen LogP contribution in [0.5, 0.6) is 0 Å². The molecule has 1 atom stereocenters. The molecule has 3 heterocycles. The van der Waals surface area contributed by atoms with Crippen LogP contribution in [-0.4, -0.2) is 82.9 Å². The minimum absolute atomic E-state index is 0.0570. The van der Waals surface area contributed by atoms with E-state index in [1.165, 1.54) is 0 Å². The van der Waals surface area contributed by atoms with E-state index in [4.69, 9.17) is 33.0 Å². The van der Waals surface area contributed by atoms with Crippen LogP contribution in [0.25, 0.3) is 11.0 Å². The zero-order chi connectivity index (χ0) is 34.7. The number of halogens is 4. The maximum atomic E-state index is 13.6. The highest BCUT2D eigenvalue weighted by Crippen LogP contribution is 2.32. The monoisotopic (exact) mass is 833 g/mol. The van der Waals surface area contributed by atoms with Gasteiger partial charge in [0, 0.05) is 53.3 Å². The minimum Gasteiger partial charge on any atom is -0.351 e. The molecule has 3 amide bonds. The number of nitrogens with zero attached hydrogens (tertiary/aromatic N) is 5. The highest BCUT2D eigenvalue weighted by Gasteiger charge is 2.32. The summed E-state index contributed by atoms with van der Waals surface area (Å²) in [6.45, 7) is 3.22. The van der Waals surface area contributed by atoms with Gasteiger partial charge in [-0.05, 0) is 120 Å². The Morgan fingerprint density at radius 3 is 2.57 bits per heavy atom. The summed E-state index contributed by atoms with van der Waals surface area (Å²) in [6.07, 6.45) is 2.94. The number of nitrogens with one attached hydrogen (secondary N) is 2. The van der Waals surface area contributed by atoms with Crippen molar-refractivity contribution in [2.45, 2.75) is 50.7 Å². The molecule has 0 saturated carbocycles. The largest absolute Gasteiger partial charge is 0.426 e. The van der Waals surface area contributed by atoms with Gasteiger partial charge in [-0.25, -0.2) is 14.6 Å². The number of imidazole rings is 1. The topological polar surface area (TPSA) is 95.0 Å². The first kappa shape index (κ1) is 35.9. The number of amides is 3. The molecule has 2 N–H and O–H groups in total. The molecule has 14 heteroatoms. The molecule has 0 radical (unpaired) electrons. The maximum Gasteiger partial charge on any atom is 0.426 e. The molecule has 2 aliphatic rings. The molecule has 1 aromatic heterocycles. The number of carbonyl (C=O) groups is 2. The number of hydrogen-bond donors (Lipinski definition) is 2. The number of carbonyl (C=O) groups excluding carboxylic acids is 2. The lowest BCUT2D eigenvalue weighted by molar-refractivity contribution is -0.120. The van der Waals surface area contributed by atoms with E-state index in [-0.39, 0.29) is 12.1 Å². The van der Waals surface area contributed by atoms with Gasteiger partial charge in [0.25, 0.3) is 0 Å². The van der Waals surface area contributed by atoms with Crippen molar-refractivity contribution in [2.75, 3.05) is 45.6 Å². The first-order valence-corrected chi connectivity index (χ1v) is 18.7. The first-order chi connectivity index (χ1) is 23.5. The number of aromatic nitrogens is 2. The smallest absolute Gasteiger partial charge is 0.351 e. The summed E-state index contributed by atoms with van der Waals surface area (Å²) in [5, 5.41) is 8.74. The van der Waals surface area contributed by atoms with Crippen LogP contribution in [0.15, 0.2) is 63.5 Å². The standard InChI is InChI=1S/C35H39Br2Cl2N7O3/c1-43(2)13-5-14-46-32-21-28(39)27(38)20-30(32)40-33(46)31(19-22-8-9-25(36)26(37)18-22)42-35(48)49-44-15-11-24(12-16-44)45-17-10-23-6-3-4-7-29(23)41-34(45)47/h3-4,6-9,18,20-21,24,31H,5,10-17,19H2,1-2H3,(H,41,47)(H,42,48). The van der Waals surface area contributed by atoms with Crippen molar-refractivity contribution in [2.24, 2.45) is 0 Å². The summed E-state index contributed by atoms with van der Waals surface area (Å²) in [4.78, 5) is 41.6. The second kappa shape index (κ2) is 16.0. The summed E-state index contributed by atoms with van der Waals surface area (Å²) in [6, 6.07) is 17.0. The van der Waals surface area contributed by atoms with Gasteiger partial charge in [-0.15, -0.1) is 5.06 Å². The van der Waals surface area contributed by atoms with Crippen LogP contribution in [0.4, 0.5) is 15.3 Å². The zero-order valence-corrected chi connectivity index (χ0v) is 32.1. The molecular formula is C35H39Br2Cl2N7O3. The van der Waals surface area contributed by atoms with Gasteiger partial charge in [0.15, 0.2) is 0 Å². The molecule has 2 aliphatic heterocycles. The number of hydrogen-bond acceptors (Lipinski definition) is 6. The fourth-order valence-corrected chi connectivity index (χ4v) is 7.55. The Labute approximate surface area is 313 Å². The summed E-state index contributed by atoms with van der Waals surface area (Å²) in [7, 11) is 4.08. The Bertz CT molecular complexity index is 1830. The molecule has 6 rings (SSSR count). The van der Waals surface area contributed by atoms with E-state index >= 15 is 0 Å². The first-order valence-electron chi connectivity index (χ1n) is 16.4. The highest BCUT2D eigenvalue weighted by molar-refractivity contribution is 9.13. The quantitative estimate of drug-likeness (QED) is 0.167. The maximum absolute atomic E-state index is 13.6. The van der Waals surface area contributed by atoms with E-state index in [2.05, 4.69) is 58.0 Å². The lowest BCUT2D eigenvalue weighted by atomic mass is 10.0. The van der Waals surface area contributed by atoms with E-state index < -0.39 is 12.1 Å². The summed E-state index contributed by atoms with van der Waals surface area (Å²) >= 11 is 20.1. The number of urea groups is 1. The van der Waals surface area contributed by atoms with Crippen LogP contribution in [-0.2, 0) is 24.2 Å². The van der Waals surface area contributed by atoms with Crippen molar-refractivity contribution in [3.05, 3.63) is 90.5 Å². The molecule has 1 unspecified atom stereocenters. The van der Waals surface area contributed by atoms with E-state index in [0.717, 1.165) is 50.7 Å². The van der Waals surface area contributed by atoms with Crippen LogP contribution >= 0.6 is 55.1 Å². The third-order valence-corrected chi connectivity index (χ3v) is 11.7. The molecule has 10 nitrogen and oxygen atoms in total. The Hall–Kier alpha value is -2.87. The lowest BCUT2D eigenvalue weighted by Crippen LogP contribution is -2.49. The average molecular weight is 836 g/mol. The van der Waals surface area contributed by atoms with Gasteiger partial charge in [0.05, 0.1) is 27.1 Å². The normalized spacial score (nSPS) is 16.4. The van der Waals surface area contributed by atoms with E-state index in [1.54, 1.807) is 11.1 Å². The summed E-state index contributed by atoms with van der Waals surface area (Å²) < 4.78 is 3.97. The third kappa shape index (κ3) is 8.72. The predicted octanol–water partition coefficient (Wildman–Crippen LogP) is 8.30. The molecule has 3 aromatic carbocycles. The molecule has 0 aliphatic carbocycles. The number of aryl methyl sites for hydroxylation is 1.